The zero-order valence-electron chi connectivity index (χ0n) is 23.0. The van der Waals surface area contributed by atoms with E-state index >= 15 is 0 Å². The van der Waals surface area contributed by atoms with Gasteiger partial charge < -0.3 is 25.4 Å². The molecule has 8 heteroatoms. The summed E-state index contributed by atoms with van der Waals surface area (Å²) in [6.45, 7) is 12.8. The average molecular weight is 535 g/mol. The van der Waals surface area contributed by atoms with Crippen molar-refractivity contribution in [2.75, 3.05) is 26.2 Å². The molecule has 2 aromatic rings. The van der Waals surface area contributed by atoms with Crippen LogP contribution in [0.1, 0.15) is 58.9 Å². The Hall–Kier alpha value is -2.42. The second-order valence-corrected chi connectivity index (χ2v) is 10.9. The number of carbonyl (C=O) groups excluding carboxylic acids is 1. The maximum Gasteiger partial charge on any atom is 0.407 e. The van der Waals surface area contributed by atoms with Crippen molar-refractivity contribution in [1.82, 2.24) is 9.62 Å². The summed E-state index contributed by atoms with van der Waals surface area (Å²) in [6, 6.07) is 15.1. The van der Waals surface area contributed by atoms with Gasteiger partial charge in [-0.05, 0) is 81.5 Å². The van der Waals surface area contributed by atoms with Gasteiger partial charge in [0.25, 0.3) is 0 Å². The lowest BCUT2D eigenvalue weighted by atomic mass is 10.1. The Kier molecular flexibility index (Phi) is 16.5. The molecule has 37 heavy (non-hydrogen) atoms. The van der Waals surface area contributed by atoms with E-state index in [9.17, 15) is 15.0 Å². The standard InChI is InChI=1S/C20H32N2O4S.C7H8.C2H6O/c1-14(2)13-22(27-17-7-8-18(23)19(24)12-17)10-4-9-21-20(25)26-16-6-5-15(3)11-16;1-7-5-3-2-4-6-7;1-2-3/h7-8,12,14-16,23-24H,4-6,9-11,13H2,1-3H3,(H,21,25);2-6H,1H3;3H,2H2,1H3. The second-order valence-electron chi connectivity index (χ2n) is 9.72. The first-order valence-corrected chi connectivity index (χ1v) is 13.9. The van der Waals surface area contributed by atoms with Crippen LogP contribution in [-0.4, -0.2) is 58.1 Å². The van der Waals surface area contributed by atoms with Crippen molar-refractivity contribution in [1.29, 1.82) is 0 Å². The van der Waals surface area contributed by atoms with Crippen LogP contribution in [0.15, 0.2) is 53.4 Å². The van der Waals surface area contributed by atoms with Gasteiger partial charge in [0, 0.05) is 31.1 Å². The summed E-state index contributed by atoms with van der Waals surface area (Å²) in [6.07, 6.45) is 3.61. The topological polar surface area (TPSA) is 102 Å². The molecule has 0 aromatic heterocycles. The number of phenolic OH excluding ortho intramolecular Hbond substituents is 2. The fourth-order valence-electron chi connectivity index (χ4n) is 3.73. The zero-order valence-corrected chi connectivity index (χ0v) is 23.8. The van der Waals surface area contributed by atoms with E-state index in [0.29, 0.717) is 18.4 Å². The van der Waals surface area contributed by atoms with E-state index in [-0.39, 0.29) is 30.3 Å². The van der Waals surface area contributed by atoms with Gasteiger partial charge in [0.2, 0.25) is 0 Å². The summed E-state index contributed by atoms with van der Waals surface area (Å²) in [4.78, 5) is 12.8. The van der Waals surface area contributed by atoms with E-state index in [1.807, 2.05) is 18.2 Å². The SMILES string of the molecule is CC(C)CN(CCCNC(=O)OC1CCC(C)C1)Sc1ccc(O)c(O)c1.CCO.Cc1ccccc1. The second kappa shape index (κ2) is 18.8. The highest BCUT2D eigenvalue weighted by Crippen LogP contribution is 2.32. The number of hydrogen-bond donors (Lipinski definition) is 4. The normalized spacial score (nSPS) is 16.4. The molecule has 0 heterocycles. The summed E-state index contributed by atoms with van der Waals surface area (Å²) < 4.78 is 7.66. The maximum absolute atomic E-state index is 11.9. The Morgan fingerprint density at radius 1 is 1.14 bits per heavy atom. The number of carbonyl (C=O) groups is 1. The molecular weight excluding hydrogens is 488 g/mol. The van der Waals surface area contributed by atoms with Gasteiger partial charge in [0.05, 0.1) is 0 Å². The van der Waals surface area contributed by atoms with Crippen LogP contribution in [0.4, 0.5) is 4.79 Å². The molecular formula is C29H46N2O5S. The number of aliphatic hydroxyl groups excluding tert-OH is 1. The lowest BCUT2D eigenvalue weighted by molar-refractivity contribution is 0.0990. The van der Waals surface area contributed by atoms with Gasteiger partial charge in [-0.15, -0.1) is 0 Å². The third-order valence-corrected chi connectivity index (χ3v) is 6.52. The highest BCUT2D eigenvalue weighted by atomic mass is 32.2. The molecule has 3 rings (SSSR count). The van der Waals surface area contributed by atoms with E-state index in [2.05, 4.69) is 49.4 Å². The Balaban J connectivity index is 0.000000572. The number of benzene rings is 2. The number of aromatic hydroxyl groups is 2. The molecule has 1 fully saturated rings. The highest BCUT2D eigenvalue weighted by Gasteiger charge is 2.24. The van der Waals surface area contributed by atoms with Crippen molar-refractivity contribution in [3.63, 3.8) is 0 Å². The van der Waals surface area contributed by atoms with Gasteiger partial charge in [-0.25, -0.2) is 9.10 Å². The minimum absolute atomic E-state index is 0.0650. The van der Waals surface area contributed by atoms with Crippen LogP contribution in [0.3, 0.4) is 0 Å². The molecule has 4 N–H and O–H groups in total. The lowest BCUT2D eigenvalue weighted by Gasteiger charge is -2.23. The van der Waals surface area contributed by atoms with Crippen LogP contribution in [0, 0.1) is 18.8 Å². The van der Waals surface area contributed by atoms with Crippen molar-refractivity contribution in [3.05, 3.63) is 54.1 Å². The Morgan fingerprint density at radius 3 is 2.32 bits per heavy atom. The number of aryl methyl sites for hydroxylation is 1. The van der Waals surface area contributed by atoms with Crippen LogP contribution in [0.2, 0.25) is 0 Å². The Labute approximate surface area is 227 Å². The van der Waals surface area contributed by atoms with Gasteiger partial charge in [-0.2, -0.15) is 0 Å². The van der Waals surface area contributed by atoms with E-state index in [0.717, 1.165) is 43.7 Å². The number of rotatable bonds is 9. The molecule has 2 unspecified atom stereocenters. The number of phenols is 2. The molecule has 0 radical (unpaired) electrons. The third kappa shape index (κ3) is 15.4. The number of aliphatic hydroxyl groups is 1. The Morgan fingerprint density at radius 2 is 1.81 bits per heavy atom. The predicted molar refractivity (Wildman–Crippen MR) is 152 cm³/mol. The number of ether oxygens (including phenoxy) is 1. The van der Waals surface area contributed by atoms with Gasteiger partial charge in [0.15, 0.2) is 11.5 Å². The molecule has 208 valence electrons. The number of nitrogens with one attached hydrogen (secondary N) is 1. The molecule has 0 bridgehead atoms. The third-order valence-electron chi connectivity index (χ3n) is 5.46. The average Bonchev–Trinajstić information content (AvgIpc) is 3.24. The van der Waals surface area contributed by atoms with Crippen LogP contribution in [-0.2, 0) is 4.74 Å². The summed E-state index contributed by atoms with van der Waals surface area (Å²) in [5.74, 6) is 0.901. The van der Waals surface area contributed by atoms with Gasteiger partial charge in [-0.1, -0.05) is 56.7 Å². The van der Waals surface area contributed by atoms with Gasteiger partial charge >= 0.3 is 6.09 Å². The molecule has 1 amide bonds. The molecule has 1 saturated carbocycles. The summed E-state index contributed by atoms with van der Waals surface area (Å²) in [5.41, 5.74) is 1.32. The van der Waals surface area contributed by atoms with E-state index in [4.69, 9.17) is 9.84 Å². The van der Waals surface area contributed by atoms with Crippen molar-refractivity contribution < 1.29 is 24.9 Å². The summed E-state index contributed by atoms with van der Waals surface area (Å²) in [5, 5.41) is 29.5. The first kappa shape index (κ1) is 32.6. The molecule has 0 aliphatic heterocycles. The fourth-order valence-corrected chi connectivity index (χ4v) is 4.91. The molecule has 7 nitrogen and oxygen atoms in total. The van der Waals surface area contributed by atoms with E-state index in [1.54, 1.807) is 31.0 Å². The number of nitrogens with zero attached hydrogens (tertiary/aromatic N) is 1. The molecule has 0 saturated heterocycles. The number of alkyl carbamates (subject to hydrolysis) is 1. The lowest BCUT2D eigenvalue weighted by Crippen LogP contribution is -2.31. The van der Waals surface area contributed by atoms with Crippen LogP contribution >= 0.6 is 11.9 Å². The summed E-state index contributed by atoms with van der Waals surface area (Å²) in [7, 11) is 0. The van der Waals surface area contributed by atoms with Gasteiger partial charge in [-0.3, -0.25) is 0 Å². The maximum atomic E-state index is 11.9. The largest absolute Gasteiger partial charge is 0.504 e. The number of amides is 1. The molecule has 2 atom stereocenters. The van der Waals surface area contributed by atoms with Crippen molar-refractivity contribution in [2.24, 2.45) is 11.8 Å². The quantitative estimate of drug-likeness (QED) is 0.169. The minimum Gasteiger partial charge on any atom is -0.504 e. The summed E-state index contributed by atoms with van der Waals surface area (Å²) >= 11 is 1.54. The smallest absolute Gasteiger partial charge is 0.407 e. The van der Waals surface area contributed by atoms with Crippen molar-refractivity contribution >= 4 is 18.0 Å². The first-order chi connectivity index (χ1) is 17.6. The Bertz CT molecular complexity index is 882. The van der Waals surface area contributed by atoms with Crippen molar-refractivity contribution in [2.45, 2.75) is 71.3 Å². The van der Waals surface area contributed by atoms with E-state index in [1.165, 1.54) is 11.6 Å². The molecule has 1 aliphatic carbocycles. The monoisotopic (exact) mass is 534 g/mol. The minimum atomic E-state index is -0.319. The van der Waals surface area contributed by atoms with E-state index < -0.39 is 0 Å². The zero-order chi connectivity index (χ0) is 27.6. The van der Waals surface area contributed by atoms with Crippen LogP contribution in [0.25, 0.3) is 0 Å². The molecule has 2 aromatic carbocycles. The first-order valence-electron chi connectivity index (χ1n) is 13.2. The molecule has 0 spiro atoms. The van der Waals surface area contributed by atoms with Gasteiger partial charge in [0.1, 0.15) is 6.10 Å². The van der Waals surface area contributed by atoms with Crippen LogP contribution in [0.5, 0.6) is 11.5 Å². The molecule has 1 aliphatic rings. The number of hydrogen-bond acceptors (Lipinski definition) is 7. The fraction of sp³-hybridized carbons (Fsp3) is 0.552. The highest BCUT2D eigenvalue weighted by molar-refractivity contribution is 7.97. The van der Waals surface area contributed by atoms with Crippen molar-refractivity contribution in [3.8, 4) is 11.5 Å². The van der Waals surface area contributed by atoms with Crippen LogP contribution < -0.4 is 5.32 Å². The predicted octanol–water partition coefficient (Wildman–Crippen LogP) is 6.36.